The van der Waals surface area contributed by atoms with Crippen molar-refractivity contribution in [3.8, 4) is 0 Å². The molecule has 0 unspecified atom stereocenters. The molecule has 0 fully saturated rings. The van der Waals surface area contributed by atoms with Crippen LogP contribution in [-0.4, -0.2) is 31.6 Å². The summed E-state index contributed by atoms with van der Waals surface area (Å²) in [5, 5.41) is 0. The van der Waals surface area contributed by atoms with Crippen LogP contribution in [0.4, 0.5) is 0 Å². The summed E-state index contributed by atoms with van der Waals surface area (Å²) >= 11 is 0. The fourth-order valence-corrected chi connectivity index (χ4v) is 7.43. The Labute approximate surface area is 93.5 Å². The van der Waals surface area contributed by atoms with E-state index in [0.29, 0.717) is 0 Å². The Balaban J connectivity index is 4.49. The molecule has 0 atom stereocenters. The molecule has 0 aromatic carbocycles. The summed E-state index contributed by atoms with van der Waals surface area (Å²) in [6.45, 7) is 19.5. The van der Waals surface area contributed by atoms with Gasteiger partial charge in [-0.1, -0.05) is 6.55 Å². The molecule has 0 rings (SSSR count). The molecule has 0 aromatic rings. The van der Waals surface area contributed by atoms with Gasteiger partial charge in [0.25, 0.3) is 0 Å². The van der Waals surface area contributed by atoms with Gasteiger partial charge < -0.3 is 8.85 Å². The van der Waals surface area contributed by atoms with Crippen LogP contribution in [0.5, 0.6) is 0 Å². The molecule has 0 spiro atoms. The van der Waals surface area contributed by atoms with E-state index in [1.165, 1.54) is 0 Å². The van der Waals surface area contributed by atoms with E-state index in [-0.39, 0.29) is 0 Å². The molecule has 0 aliphatic rings. The van der Waals surface area contributed by atoms with E-state index in [2.05, 4.69) is 52.8 Å². The molecule has 0 saturated heterocycles. The van der Waals surface area contributed by atoms with Crippen LogP contribution in [-0.2, 0) is 8.85 Å². The fourth-order valence-electron chi connectivity index (χ4n) is 1.28. The van der Waals surface area contributed by atoms with Gasteiger partial charge in [-0.05, 0) is 46.2 Å². The van der Waals surface area contributed by atoms with Gasteiger partial charge in [-0.25, -0.2) is 0 Å². The van der Waals surface area contributed by atoms with Crippen LogP contribution >= 0.6 is 0 Å². The van der Waals surface area contributed by atoms with Gasteiger partial charge >= 0.3 is 0 Å². The fraction of sp³-hybridized carbons (Fsp3) is 0.889. The maximum atomic E-state index is 6.05. The predicted octanol–water partition coefficient (Wildman–Crippen LogP) is 2.39. The summed E-state index contributed by atoms with van der Waals surface area (Å²) in [4.78, 5) is 0. The van der Waals surface area contributed by atoms with Crippen molar-refractivity contribution >= 4 is 26.2 Å². The van der Waals surface area contributed by atoms with Gasteiger partial charge in [-0.3, -0.25) is 0 Å². The van der Waals surface area contributed by atoms with Crippen LogP contribution in [0.1, 0.15) is 0 Å². The molecule has 14 heavy (non-hydrogen) atoms. The van der Waals surface area contributed by atoms with Crippen molar-refractivity contribution in [1.29, 1.82) is 0 Å². The van der Waals surface area contributed by atoms with Gasteiger partial charge in [0, 0.05) is 0 Å². The summed E-state index contributed by atoms with van der Waals surface area (Å²) < 4.78 is 12.1. The molecule has 0 amide bonds. The zero-order valence-electron chi connectivity index (χ0n) is 10.7. The maximum absolute atomic E-state index is 6.05. The molecule has 0 aliphatic heterocycles. The van der Waals surface area contributed by atoms with Crippen LogP contribution in [0.15, 0.2) is 0 Å². The molecular weight excluding hydrogens is 224 g/mol. The Morgan fingerprint density at radius 1 is 0.929 bits per heavy atom. The summed E-state index contributed by atoms with van der Waals surface area (Å²) in [6, 6.07) is 0. The highest BCUT2D eigenvalue weighted by Gasteiger charge is 2.35. The molecule has 1 radical (unpaired) electrons. The lowest BCUT2D eigenvalue weighted by atomic mass is 10.8. The third kappa shape index (κ3) is 6.94. The smallest absolute Gasteiger partial charge is 0.187 e. The number of hydrogen-bond donors (Lipinski definition) is 0. The molecule has 0 N–H and O–H groups in total. The van der Waals surface area contributed by atoms with Crippen LogP contribution in [0.2, 0.25) is 45.8 Å². The summed E-state index contributed by atoms with van der Waals surface area (Å²) in [7, 11) is -3.50. The highest BCUT2D eigenvalue weighted by atomic mass is 28.4. The lowest BCUT2D eigenvalue weighted by molar-refractivity contribution is -0.0147. The van der Waals surface area contributed by atoms with Gasteiger partial charge in [0.05, 0.1) is 9.52 Å². The average molecular weight is 250 g/mol. The predicted molar refractivity (Wildman–Crippen MR) is 71.4 cm³/mol. The molecule has 85 valence electrons. The molecule has 0 heterocycles. The van der Waals surface area contributed by atoms with Crippen molar-refractivity contribution < 1.29 is 8.85 Å². The number of hydrogen-bond acceptors (Lipinski definition) is 2. The second-order valence-electron chi connectivity index (χ2n) is 5.69. The average Bonchev–Trinajstić information content (AvgIpc) is 1.78. The van der Waals surface area contributed by atoms with E-state index in [1.807, 2.05) is 0 Å². The van der Waals surface area contributed by atoms with E-state index in [1.54, 1.807) is 0 Å². The molecule has 0 aromatic heterocycles. The van der Waals surface area contributed by atoms with Gasteiger partial charge in [-0.2, -0.15) is 0 Å². The Hall–Kier alpha value is 0.571. The molecule has 0 aliphatic carbocycles. The van der Waals surface area contributed by atoms with Crippen molar-refractivity contribution in [3.05, 3.63) is 6.92 Å². The minimum Gasteiger partial charge on any atom is -0.395 e. The third-order valence-electron chi connectivity index (χ3n) is 1.52. The number of rotatable bonds is 5. The van der Waals surface area contributed by atoms with E-state index in [9.17, 15) is 0 Å². The van der Waals surface area contributed by atoms with E-state index in [4.69, 9.17) is 8.85 Å². The SMILES string of the molecule is [CH2]C(O[Si](C)(C)C)(O[Si](C)(C)C)[SiH2]C. The maximum Gasteiger partial charge on any atom is 0.187 e. The van der Waals surface area contributed by atoms with Gasteiger partial charge in [0.15, 0.2) is 16.6 Å². The van der Waals surface area contributed by atoms with Crippen molar-refractivity contribution in [2.24, 2.45) is 0 Å². The highest BCUT2D eigenvalue weighted by Crippen LogP contribution is 2.22. The van der Waals surface area contributed by atoms with E-state index in [0.717, 1.165) is 0 Å². The second kappa shape index (κ2) is 4.61. The molecule has 0 bridgehead atoms. The van der Waals surface area contributed by atoms with Crippen molar-refractivity contribution in [3.63, 3.8) is 0 Å². The topological polar surface area (TPSA) is 18.5 Å². The first kappa shape index (κ1) is 14.6. The minimum absolute atomic E-state index is 0.414. The Morgan fingerprint density at radius 3 is 1.36 bits per heavy atom. The molecule has 5 heteroatoms. The van der Waals surface area contributed by atoms with E-state index >= 15 is 0 Å². The lowest BCUT2D eigenvalue weighted by Crippen LogP contribution is -2.51. The van der Waals surface area contributed by atoms with E-state index < -0.39 is 31.6 Å². The normalized spacial score (nSPS) is 15.4. The Morgan fingerprint density at radius 2 is 1.21 bits per heavy atom. The van der Waals surface area contributed by atoms with Gasteiger partial charge in [-0.15, -0.1) is 0 Å². The summed E-state index contributed by atoms with van der Waals surface area (Å²) in [5.41, 5.74) is -0.477. The van der Waals surface area contributed by atoms with Crippen LogP contribution in [0.25, 0.3) is 0 Å². The van der Waals surface area contributed by atoms with Crippen molar-refractivity contribution in [1.82, 2.24) is 0 Å². The van der Waals surface area contributed by atoms with Crippen LogP contribution < -0.4 is 0 Å². The largest absolute Gasteiger partial charge is 0.395 e. The molecular formula is C9H25O2Si3. The zero-order chi connectivity index (χ0) is 11.6. The monoisotopic (exact) mass is 249 g/mol. The van der Waals surface area contributed by atoms with Crippen molar-refractivity contribution in [2.45, 2.75) is 51.2 Å². The standard InChI is InChI=1S/C9H25O2Si3/c1-9(12-2,10-13(3,4)5)11-14(6,7)8/h1,12H2,2-8H3. The lowest BCUT2D eigenvalue weighted by Gasteiger charge is -2.39. The Bertz CT molecular complexity index is 165. The second-order valence-corrected chi connectivity index (χ2v) is 16.3. The first-order valence-corrected chi connectivity index (χ1v) is 14.2. The third-order valence-corrected chi connectivity index (χ3v) is 5.44. The quantitative estimate of drug-likeness (QED) is 0.550. The molecule has 0 saturated carbocycles. The first-order valence-electron chi connectivity index (χ1n) is 5.23. The highest BCUT2D eigenvalue weighted by molar-refractivity contribution is 6.72. The molecule has 2 nitrogen and oxygen atoms in total. The van der Waals surface area contributed by atoms with Crippen LogP contribution in [0, 0.1) is 6.92 Å². The minimum atomic E-state index is -1.54. The van der Waals surface area contributed by atoms with Crippen LogP contribution in [0.3, 0.4) is 0 Å². The summed E-state index contributed by atoms with van der Waals surface area (Å²) in [5.74, 6) is 0. The summed E-state index contributed by atoms with van der Waals surface area (Å²) in [6.07, 6.45) is 0. The Kier molecular flexibility index (Phi) is 4.80. The first-order chi connectivity index (χ1) is 5.97. The van der Waals surface area contributed by atoms with Gasteiger partial charge in [0.1, 0.15) is 5.41 Å². The zero-order valence-corrected chi connectivity index (χ0v) is 14.1. The van der Waals surface area contributed by atoms with Crippen molar-refractivity contribution in [2.75, 3.05) is 0 Å². The van der Waals surface area contributed by atoms with Gasteiger partial charge in [0.2, 0.25) is 0 Å².